The Balaban J connectivity index is 1.41. The van der Waals surface area contributed by atoms with Gasteiger partial charge < -0.3 is 15.1 Å². The minimum Gasteiger partial charge on any atom is -0.371 e. The van der Waals surface area contributed by atoms with Crippen molar-refractivity contribution < 1.29 is 9.59 Å². The predicted octanol–water partition coefficient (Wildman–Crippen LogP) is 5.64. The smallest absolute Gasteiger partial charge is 0.273 e. The lowest BCUT2D eigenvalue weighted by atomic mass is 9.77. The van der Waals surface area contributed by atoms with Crippen LogP contribution in [0.4, 0.5) is 11.4 Å². The van der Waals surface area contributed by atoms with E-state index in [2.05, 4.69) is 39.5 Å². The Morgan fingerprint density at radius 3 is 2.67 bits per heavy atom. The molecule has 1 unspecified atom stereocenters. The van der Waals surface area contributed by atoms with Crippen molar-refractivity contribution in [1.82, 2.24) is 9.88 Å². The second kappa shape index (κ2) is 10.9. The van der Waals surface area contributed by atoms with Gasteiger partial charge in [0.05, 0.1) is 17.0 Å². The number of likely N-dealkylation sites (tertiary alicyclic amines) is 1. The summed E-state index contributed by atoms with van der Waals surface area (Å²) in [4.78, 5) is 36.1. The molecule has 2 saturated heterocycles. The van der Waals surface area contributed by atoms with Gasteiger partial charge in [0.1, 0.15) is 5.69 Å². The quantitative estimate of drug-likeness (QED) is 0.572. The van der Waals surface area contributed by atoms with E-state index in [4.69, 9.17) is 11.6 Å². The number of piperidine rings is 1. The van der Waals surface area contributed by atoms with Crippen LogP contribution in [0.5, 0.6) is 0 Å². The second-order valence-electron chi connectivity index (χ2n) is 10.0. The first-order valence-corrected chi connectivity index (χ1v) is 13.3. The monoisotopic (exact) mass is 504 g/mol. The van der Waals surface area contributed by atoms with Gasteiger partial charge in [-0.15, -0.1) is 0 Å². The maximum absolute atomic E-state index is 13.7. The molecule has 36 heavy (non-hydrogen) atoms. The number of pyridine rings is 1. The molecule has 1 N–H and O–H groups in total. The highest BCUT2D eigenvalue weighted by Crippen LogP contribution is 2.35. The Hall–Kier alpha value is -3.12. The van der Waals surface area contributed by atoms with Crippen LogP contribution in [0.3, 0.4) is 0 Å². The molecule has 2 amide bonds. The van der Waals surface area contributed by atoms with Crippen molar-refractivity contribution in [2.45, 2.75) is 45.1 Å². The van der Waals surface area contributed by atoms with Crippen LogP contribution in [0.15, 0.2) is 60.8 Å². The molecule has 3 heterocycles. The highest BCUT2D eigenvalue weighted by Gasteiger charge is 2.42. The van der Waals surface area contributed by atoms with Crippen molar-refractivity contribution in [3.63, 3.8) is 0 Å². The number of carbonyl (C=O) groups excluding carboxylic acids is 2. The normalized spacial score (nSPS) is 23.7. The summed E-state index contributed by atoms with van der Waals surface area (Å²) in [5.74, 6) is -0.407. The van der Waals surface area contributed by atoms with Crippen LogP contribution >= 0.6 is 11.6 Å². The molecule has 1 aliphatic carbocycles. The fourth-order valence-corrected chi connectivity index (χ4v) is 6.03. The molecule has 6 nitrogen and oxygen atoms in total. The number of hydrogen-bond donors (Lipinski definition) is 1. The zero-order valence-corrected chi connectivity index (χ0v) is 21.5. The largest absolute Gasteiger partial charge is 0.371 e. The molecule has 0 spiro atoms. The standard InChI is InChI=1S/C29H33ClN4O2/c1-20-17-22(30)19-31-26(20)29(36)34-16-8-13-25(27(34)21-9-3-2-4-10-21)28(35)32-23-11-7-12-24(18-23)33-14-5-6-15-33/h2-4,7,9,11-12,17-19,21,25,27H,5-6,8,10,13-16H2,1H3,(H,32,35)/t21?,25-,27-/m0/s1. The molecule has 0 saturated carbocycles. The lowest BCUT2D eigenvalue weighted by Crippen LogP contribution is -2.55. The number of carbonyl (C=O) groups is 2. The highest BCUT2D eigenvalue weighted by molar-refractivity contribution is 6.30. The minimum atomic E-state index is -0.313. The molecule has 0 radical (unpaired) electrons. The summed E-state index contributed by atoms with van der Waals surface area (Å²) in [6.45, 7) is 4.57. The average molecular weight is 505 g/mol. The molecule has 1 aromatic carbocycles. The van der Waals surface area contributed by atoms with Crippen molar-refractivity contribution in [3.8, 4) is 0 Å². The SMILES string of the molecule is Cc1cc(Cl)cnc1C(=O)N1CCC[C@H](C(=O)Nc2cccc(N3CCCC3)c2)[C@@H]1C1C=CC=CC1. The molecule has 2 fully saturated rings. The lowest BCUT2D eigenvalue weighted by molar-refractivity contribution is -0.123. The number of hydrogen-bond acceptors (Lipinski definition) is 4. The summed E-state index contributed by atoms with van der Waals surface area (Å²) in [6, 6.07) is 9.64. The van der Waals surface area contributed by atoms with Gasteiger partial charge in [0, 0.05) is 43.1 Å². The first kappa shape index (κ1) is 24.6. The van der Waals surface area contributed by atoms with Crippen molar-refractivity contribution >= 4 is 34.8 Å². The van der Waals surface area contributed by atoms with E-state index in [1.165, 1.54) is 19.0 Å². The Morgan fingerprint density at radius 2 is 1.92 bits per heavy atom. The molecule has 3 atom stereocenters. The summed E-state index contributed by atoms with van der Waals surface area (Å²) in [5.41, 5.74) is 3.10. The first-order chi connectivity index (χ1) is 17.5. The number of amides is 2. The van der Waals surface area contributed by atoms with E-state index in [-0.39, 0.29) is 29.7 Å². The Kier molecular flexibility index (Phi) is 7.42. The minimum absolute atomic E-state index is 0.0280. The number of anilines is 2. The van der Waals surface area contributed by atoms with Gasteiger partial charge in [-0.3, -0.25) is 9.59 Å². The summed E-state index contributed by atoms with van der Waals surface area (Å²) < 4.78 is 0. The number of aryl methyl sites for hydroxylation is 1. The van der Waals surface area contributed by atoms with Crippen LogP contribution in [0, 0.1) is 18.8 Å². The van der Waals surface area contributed by atoms with Gasteiger partial charge >= 0.3 is 0 Å². The third-order valence-electron chi connectivity index (χ3n) is 7.57. The maximum Gasteiger partial charge on any atom is 0.273 e. The Bertz CT molecular complexity index is 1190. The summed E-state index contributed by atoms with van der Waals surface area (Å²) in [7, 11) is 0. The highest BCUT2D eigenvalue weighted by atomic mass is 35.5. The van der Waals surface area contributed by atoms with Gasteiger partial charge in [0.25, 0.3) is 5.91 Å². The first-order valence-electron chi connectivity index (χ1n) is 12.9. The van der Waals surface area contributed by atoms with Crippen LogP contribution in [0.2, 0.25) is 5.02 Å². The van der Waals surface area contributed by atoms with E-state index in [1.807, 2.05) is 36.1 Å². The lowest BCUT2D eigenvalue weighted by Gasteiger charge is -2.44. The summed E-state index contributed by atoms with van der Waals surface area (Å²) >= 11 is 6.09. The number of rotatable bonds is 5. The van der Waals surface area contributed by atoms with Crippen molar-refractivity contribution in [1.29, 1.82) is 0 Å². The number of benzene rings is 1. The van der Waals surface area contributed by atoms with E-state index < -0.39 is 0 Å². The summed E-state index contributed by atoms with van der Waals surface area (Å²) in [5, 5.41) is 3.69. The molecular weight excluding hydrogens is 472 g/mol. The van der Waals surface area contributed by atoms with E-state index in [0.29, 0.717) is 17.3 Å². The van der Waals surface area contributed by atoms with Crippen LogP contribution in [-0.4, -0.2) is 47.4 Å². The molecular formula is C29H33ClN4O2. The van der Waals surface area contributed by atoms with Crippen molar-refractivity contribution in [2.24, 2.45) is 11.8 Å². The zero-order valence-electron chi connectivity index (χ0n) is 20.7. The van der Waals surface area contributed by atoms with Gasteiger partial charge in [0.15, 0.2) is 0 Å². The van der Waals surface area contributed by atoms with Gasteiger partial charge in [-0.1, -0.05) is 42.0 Å². The molecule has 5 rings (SSSR count). The van der Waals surface area contributed by atoms with E-state index in [9.17, 15) is 9.59 Å². The number of allylic oxidation sites excluding steroid dienone is 3. The van der Waals surface area contributed by atoms with Crippen LogP contribution in [0.25, 0.3) is 0 Å². The van der Waals surface area contributed by atoms with Crippen molar-refractivity contribution in [3.05, 3.63) is 77.1 Å². The molecule has 2 aliphatic heterocycles. The number of nitrogens with zero attached hydrogens (tertiary/aromatic N) is 3. The fraction of sp³-hybridized carbons (Fsp3) is 0.414. The predicted molar refractivity (Wildman–Crippen MR) is 144 cm³/mol. The third-order valence-corrected chi connectivity index (χ3v) is 7.78. The Labute approximate surface area is 218 Å². The molecule has 2 aromatic rings. The third kappa shape index (κ3) is 5.19. The summed E-state index contributed by atoms with van der Waals surface area (Å²) in [6.07, 6.45) is 14.5. The van der Waals surface area contributed by atoms with Crippen LogP contribution in [-0.2, 0) is 4.79 Å². The average Bonchev–Trinajstić information content (AvgIpc) is 3.44. The maximum atomic E-state index is 13.7. The number of halogens is 1. The molecule has 3 aliphatic rings. The van der Waals surface area contributed by atoms with E-state index in [1.54, 1.807) is 6.07 Å². The fourth-order valence-electron chi connectivity index (χ4n) is 5.82. The van der Waals surface area contributed by atoms with Gasteiger partial charge in [-0.2, -0.15) is 0 Å². The molecule has 1 aromatic heterocycles. The van der Waals surface area contributed by atoms with Gasteiger partial charge in [-0.05, 0) is 68.9 Å². The molecule has 7 heteroatoms. The topological polar surface area (TPSA) is 65.5 Å². The molecule has 0 bridgehead atoms. The van der Waals surface area contributed by atoms with Crippen LogP contribution < -0.4 is 10.2 Å². The number of aromatic nitrogens is 1. The van der Waals surface area contributed by atoms with Gasteiger partial charge in [0.2, 0.25) is 5.91 Å². The molecule has 188 valence electrons. The van der Waals surface area contributed by atoms with E-state index >= 15 is 0 Å². The van der Waals surface area contributed by atoms with Crippen LogP contribution in [0.1, 0.15) is 48.2 Å². The second-order valence-corrected chi connectivity index (χ2v) is 10.4. The van der Waals surface area contributed by atoms with Gasteiger partial charge in [-0.25, -0.2) is 4.98 Å². The van der Waals surface area contributed by atoms with Crippen molar-refractivity contribution in [2.75, 3.05) is 29.9 Å². The number of nitrogens with one attached hydrogen (secondary N) is 1. The van der Waals surface area contributed by atoms with E-state index in [0.717, 1.165) is 49.3 Å². The zero-order chi connectivity index (χ0) is 25.1. The Morgan fingerprint density at radius 1 is 1.08 bits per heavy atom.